The molecule has 2 aromatic rings. The fraction of sp³-hybridized carbons (Fsp3) is 0.409. The topological polar surface area (TPSA) is 47.6 Å². The summed E-state index contributed by atoms with van der Waals surface area (Å²) in [4.78, 5) is 12.3. The van der Waals surface area contributed by atoms with Gasteiger partial charge in [0.1, 0.15) is 0 Å². The Hall–Kier alpha value is -2.49. The van der Waals surface area contributed by atoms with Gasteiger partial charge in [0.15, 0.2) is 11.5 Å². The zero-order valence-electron chi connectivity index (χ0n) is 16.2. The molecule has 0 saturated carbocycles. The Morgan fingerprint density at radius 1 is 1.04 bits per heavy atom. The highest BCUT2D eigenvalue weighted by Crippen LogP contribution is 2.28. The lowest BCUT2D eigenvalue weighted by Crippen LogP contribution is -2.15. The minimum atomic E-state index is 0.0166. The van der Waals surface area contributed by atoms with Crippen molar-refractivity contribution in [2.45, 2.75) is 46.5 Å². The van der Waals surface area contributed by atoms with Gasteiger partial charge in [0.2, 0.25) is 5.91 Å². The van der Waals surface area contributed by atoms with Gasteiger partial charge >= 0.3 is 0 Å². The molecule has 0 heterocycles. The molecule has 0 spiro atoms. The highest BCUT2D eigenvalue weighted by atomic mass is 16.5. The lowest BCUT2D eigenvalue weighted by Gasteiger charge is -2.16. The first-order chi connectivity index (χ1) is 12.5. The normalized spacial score (nSPS) is 10.7. The molecule has 2 rings (SSSR count). The molecule has 0 atom stereocenters. The van der Waals surface area contributed by atoms with Crippen molar-refractivity contribution >= 4 is 11.6 Å². The summed E-state index contributed by atoms with van der Waals surface area (Å²) in [7, 11) is 0. The van der Waals surface area contributed by atoms with Crippen LogP contribution < -0.4 is 14.8 Å². The first-order valence-corrected chi connectivity index (χ1v) is 9.27. The lowest BCUT2D eigenvalue weighted by molar-refractivity contribution is -0.116. The van der Waals surface area contributed by atoms with Crippen molar-refractivity contribution in [3.05, 3.63) is 53.6 Å². The third-order valence-electron chi connectivity index (χ3n) is 4.15. The van der Waals surface area contributed by atoms with Crippen LogP contribution in [0.15, 0.2) is 42.5 Å². The number of aryl methyl sites for hydroxylation is 1. The SMILES string of the molecule is CCOc1ccccc1OCCCC(=O)Nc1c(C)cccc1C(C)C. The van der Waals surface area contributed by atoms with Crippen LogP contribution in [-0.2, 0) is 4.79 Å². The van der Waals surface area contributed by atoms with Crippen LogP contribution in [-0.4, -0.2) is 19.1 Å². The van der Waals surface area contributed by atoms with Crippen LogP contribution in [0.2, 0.25) is 0 Å². The molecule has 2 aromatic carbocycles. The molecule has 140 valence electrons. The maximum atomic E-state index is 12.3. The quantitative estimate of drug-likeness (QED) is 0.620. The molecule has 0 aliphatic rings. The molecule has 0 aliphatic heterocycles. The van der Waals surface area contributed by atoms with Crippen LogP contribution in [0.1, 0.15) is 50.7 Å². The smallest absolute Gasteiger partial charge is 0.224 e. The Balaban J connectivity index is 1.85. The summed E-state index contributed by atoms with van der Waals surface area (Å²) in [6, 6.07) is 13.7. The van der Waals surface area contributed by atoms with Crippen LogP contribution in [0.25, 0.3) is 0 Å². The number of rotatable bonds is 9. The van der Waals surface area contributed by atoms with Crippen LogP contribution in [0, 0.1) is 6.92 Å². The van der Waals surface area contributed by atoms with E-state index < -0.39 is 0 Å². The van der Waals surface area contributed by atoms with Gasteiger partial charge in [0.05, 0.1) is 13.2 Å². The molecular weight excluding hydrogens is 326 g/mol. The summed E-state index contributed by atoms with van der Waals surface area (Å²) in [6.45, 7) is 9.30. The van der Waals surface area contributed by atoms with E-state index in [-0.39, 0.29) is 5.91 Å². The number of nitrogens with one attached hydrogen (secondary N) is 1. The maximum Gasteiger partial charge on any atom is 0.224 e. The zero-order valence-corrected chi connectivity index (χ0v) is 16.2. The fourth-order valence-electron chi connectivity index (χ4n) is 2.80. The summed E-state index contributed by atoms with van der Waals surface area (Å²) >= 11 is 0. The number of anilines is 1. The number of hydrogen-bond donors (Lipinski definition) is 1. The zero-order chi connectivity index (χ0) is 18.9. The van der Waals surface area contributed by atoms with Gasteiger partial charge in [-0.2, -0.15) is 0 Å². The van der Waals surface area contributed by atoms with Gasteiger partial charge in [0.25, 0.3) is 0 Å². The number of hydrogen-bond acceptors (Lipinski definition) is 3. The minimum Gasteiger partial charge on any atom is -0.490 e. The molecule has 1 N–H and O–H groups in total. The molecule has 0 unspecified atom stereocenters. The second-order valence-corrected chi connectivity index (χ2v) is 6.57. The monoisotopic (exact) mass is 355 g/mol. The number of carbonyl (C=O) groups is 1. The van der Waals surface area contributed by atoms with Crippen LogP contribution in [0.5, 0.6) is 11.5 Å². The van der Waals surface area contributed by atoms with E-state index >= 15 is 0 Å². The first-order valence-electron chi connectivity index (χ1n) is 9.27. The van der Waals surface area contributed by atoms with E-state index in [1.54, 1.807) is 0 Å². The lowest BCUT2D eigenvalue weighted by atomic mass is 9.98. The van der Waals surface area contributed by atoms with E-state index in [1.807, 2.05) is 50.2 Å². The highest BCUT2D eigenvalue weighted by molar-refractivity contribution is 5.92. The second kappa shape index (κ2) is 9.85. The third kappa shape index (κ3) is 5.51. The third-order valence-corrected chi connectivity index (χ3v) is 4.15. The standard InChI is InChI=1S/C22H29NO3/c1-5-25-19-12-6-7-13-20(19)26-15-9-14-21(24)23-22-17(4)10-8-11-18(22)16(2)3/h6-8,10-13,16H,5,9,14-15H2,1-4H3,(H,23,24). The number of ether oxygens (including phenoxy) is 2. The van der Waals surface area contributed by atoms with E-state index in [2.05, 4.69) is 25.2 Å². The van der Waals surface area contributed by atoms with Crippen molar-refractivity contribution in [3.8, 4) is 11.5 Å². The van der Waals surface area contributed by atoms with Crippen molar-refractivity contribution in [1.82, 2.24) is 0 Å². The van der Waals surface area contributed by atoms with Crippen molar-refractivity contribution in [2.24, 2.45) is 0 Å². The summed E-state index contributed by atoms with van der Waals surface area (Å²) in [6.07, 6.45) is 1.07. The molecule has 0 fully saturated rings. The number of para-hydroxylation sites is 3. The van der Waals surface area contributed by atoms with Crippen LogP contribution in [0.4, 0.5) is 5.69 Å². The van der Waals surface area contributed by atoms with Crippen LogP contribution >= 0.6 is 0 Å². The molecule has 0 radical (unpaired) electrons. The van der Waals surface area contributed by atoms with Gasteiger partial charge in [0, 0.05) is 12.1 Å². The average molecular weight is 355 g/mol. The predicted octanol–water partition coefficient (Wildman–Crippen LogP) is 5.31. The van der Waals surface area contributed by atoms with E-state index in [0.29, 0.717) is 32.0 Å². The number of carbonyl (C=O) groups excluding carboxylic acids is 1. The van der Waals surface area contributed by atoms with Gasteiger partial charge in [-0.25, -0.2) is 0 Å². The summed E-state index contributed by atoms with van der Waals surface area (Å²) in [5, 5.41) is 3.07. The molecule has 4 nitrogen and oxygen atoms in total. The van der Waals surface area contributed by atoms with Gasteiger partial charge in [-0.1, -0.05) is 44.2 Å². The van der Waals surface area contributed by atoms with Crippen molar-refractivity contribution in [3.63, 3.8) is 0 Å². The van der Waals surface area contributed by atoms with Crippen molar-refractivity contribution < 1.29 is 14.3 Å². The van der Waals surface area contributed by atoms with Crippen molar-refractivity contribution in [2.75, 3.05) is 18.5 Å². The van der Waals surface area contributed by atoms with Crippen molar-refractivity contribution in [1.29, 1.82) is 0 Å². The Morgan fingerprint density at radius 3 is 2.38 bits per heavy atom. The Labute approximate surface area is 156 Å². The Kier molecular flexibility index (Phi) is 7.52. The molecule has 4 heteroatoms. The van der Waals surface area contributed by atoms with Gasteiger partial charge in [-0.3, -0.25) is 4.79 Å². The molecule has 0 aromatic heterocycles. The number of amides is 1. The summed E-state index contributed by atoms with van der Waals surface area (Å²) in [5.74, 6) is 1.84. The van der Waals surface area contributed by atoms with Gasteiger partial charge in [-0.05, 0) is 49.4 Å². The minimum absolute atomic E-state index is 0.0166. The average Bonchev–Trinajstić information content (AvgIpc) is 2.61. The van der Waals surface area contributed by atoms with E-state index in [9.17, 15) is 4.79 Å². The molecule has 26 heavy (non-hydrogen) atoms. The maximum absolute atomic E-state index is 12.3. The first kappa shape index (κ1) is 19.8. The molecular formula is C22H29NO3. The number of benzene rings is 2. The largest absolute Gasteiger partial charge is 0.490 e. The summed E-state index contributed by atoms with van der Waals surface area (Å²) < 4.78 is 11.3. The molecule has 1 amide bonds. The fourth-order valence-corrected chi connectivity index (χ4v) is 2.80. The summed E-state index contributed by atoms with van der Waals surface area (Å²) in [5.41, 5.74) is 3.20. The van der Waals surface area contributed by atoms with E-state index in [4.69, 9.17) is 9.47 Å². The predicted molar refractivity (Wildman–Crippen MR) is 106 cm³/mol. The van der Waals surface area contributed by atoms with Gasteiger partial charge < -0.3 is 14.8 Å². The van der Waals surface area contributed by atoms with E-state index in [1.165, 1.54) is 5.56 Å². The van der Waals surface area contributed by atoms with Crippen LogP contribution in [0.3, 0.4) is 0 Å². The second-order valence-electron chi connectivity index (χ2n) is 6.57. The molecule has 0 bridgehead atoms. The van der Waals surface area contributed by atoms with E-state index in [0.717, 1.165) is 22.7 Å². The molecule has 0 saturated heterocycles. The Bertz CT molecular complexity index is 725. The Morgan fingerprint density at radius 2 is 1.73 bits per heavy atom. The highest BCUT2D eigenvalue weighted by Gasteiger charge is 2.12. The van der Waals surface area contributed by atoms with Gasteiger partial charge in [-0.15, -0.1) is 0 Å². The molecule has 0 aliphatic carbocycles.